The minimum atomic E-state index is -1.04. The third-order valence-corrected chi connectivity index (χ3v) is 15.8. The van der Waals surface area contributed by atoms with E-state index in [1.54, 1.807) is 22.0 Å². The van der Waals surface area contributed by atoms with Crippen molar-refractivity contribution in [2.45, 2.75) is 21.2 Å². The molecule has 0 bridgehead atoms. The van der Waals surface area contributed by atoms with Gasteiger partial charge in [-0.1, -0.05) is 0 Å². The Morgan fingerprint density at radius 2 is 1.23 bits per heavy atom. The second-order valence-electron chi connectivity index (χ2n) is 7.72. The van der Waals surface area contributed by atoms with Crippen LogP contribution >= 0.6 is 8.58 Å². The molecule has 3 atom stereocenters. The van der Waals surface area contributed by atoms with Gasteiger partial charge in [-0.05, 0) is 0 Å². The summed E-state index contributed by atoms with van der Waals surface area (Å²) in [4.78, 5) is 0. The second kappa shape index (κ2) is 9.62. The van der Waals surface area contributed by atoms with Gasteiger partial charge in [-0.15, -0.1) is 0 Å². The summed E-state index contributed by atoms with van der Waals surface area (Å²) in [7, 11) is 0.792. The van der Waals surface area contributed by atoms with Crippen LogP contribution in [0.2, 0.25) is 0 Å². The summed E-state index contributed by atoms with van der Waals surface area (Å²) in [6, 6.07) is 27.1. The SMILES string of the molecule is CC1=Cc2ccccc2[CH]1[Hf+2][CH]1C(Pc2ccccc2C)=Cc2ccccc21.[F-].[F-]. The largest absolute Gasteiger partial charge is 1.00 e. The number of fused-ring (bicyclic) bond motifs is 2. The van der Waals surface area contributed by atoms with Crippen LogP contribution in [0.1, 0.15) is 42.1 Å². The number of hydrogen-bond acceptors (Lipinski definition) is 0. The first-order chi connectivity index (χ1) is 13.7. The third kappa shape index (κ3) is 4.20. The molecule has 3 aromatic carbocycles. The van der Waals surface area contributed by atoms with Gasteiger partial charge in [0.05, 0.1) is 0 Å². The molecular weight excluding hydrogens is 560 g/mol. The van der Waals surface area contributed by atoms with E-state index in [9.17, 15) is 0 Å². The molecule has 0 aromatic heterocycles. The zero-order chi connectivity index (χ0) is 19.1. The van der Waals surface area contributed by atoms with Crippen LogP contribution in [0.5, 0.6) is 0 Å². The van der Waals surface area contributed by atoms with E-state index in [0.717, 1.165) is 12.3 Å². The third-order valence-electron chi connectivity index (χ3n) is 5.83. The molecule has 3 aromatic rings. The molecule has 0 saturated carbocycles. The molecular formula is C26H23F2HfP. The molecule has 5 rings (SSSR count). The monoisotopic (exact) mass is 584 g/mol. The first-order valence-corrected chi connectivity index (χ1v) is 15.0. The van der Waals surface area contributed by atoms with E-state index < -0.39 is 22.9 Å². The number of halogens is 2. The first kappa shape index (κ1) is 23.0. The maximum atomic E-state index is 2.51. The normalized spacial score (nSPS) is 18.6. The average Bonchev–Trinajstić information content (AvgIpc) is 3.21. The minimum Gasteiger partial charge on any atom is -1.00 e. The van der Waals surface area contributed by atoms with Gasteiger partial charge in [-0.25, -0.2) is 0 Å². The molecule has 0 spiro atoms. The van der Waals surface area contributed by atoms with Crippen molar-refractivity contribution in [1.29, 1.82) is 0 Å². The molecule has 0 saturated heterocycles. The number of allylic oxidation sites excluding steroid dienone is 2. The van der Waals surface area contributed by atoms with Gasteiger partial charge in [0.25, 0.3) is 0 Å². The van der Waals surface area contributed by atoms with Gasteiger partial charge in [0, 0.05) is 0 Å². The van der Waals surface area contributed by atoms with Crippen LogP contribution in [0.25, 0.3) is 12.2 Å². The zero-order valence-electron chi connectivity index (χ0n) is 17.0. The van der Waals surface area contributed by atoms with Crippen LogP contribution in [0.15, 0.2) is 83.7 Å². The number of rotatable bonds is 4. The molecule has 4 heteroatoms. The molecule has 0 radical (unpaired) electrons. The van der Waals surface area contributed by atoms with Crippen molar-refractivity contribution < 1.29 is 32.3 Å². The van der Waals surface area contributed by atoms with Crippen molar-refractivity contribution in [3.05, 3.63) is 112 Å². The van der Waals surface area contributed by atoms with Gasteiger partial charge in [-0.2, -0.15) is 0 Å². The Balaban J connectivity index is 0.00000128. The Hall–Kier alpha value is -1.70. The van der Waals surface area contributed by atoms with Crippen molar-refractivity contribution in [3.8, 4) is 0 Å². The van der Waals surface area contributed by atoms with E-state index in [0.29, 0.717) is 3.67 Å². The number of hydrogen-bond donors (Lipinski definition) is 0. The van der Waals surface area contributed by atoms with Crippen molar-refractivity contribution in [3.63, 3.8) is 0 Å². The van der Waals surface area contributed by atoms with Crippen molar-refractivity contribution >= 4 is 26.0 Å². The molecule has 0 aliphatic heterocycles. The summed E-state index contributed by atoms with van der Waals surface area (Å²) >= 11 is -1.04. The van der Waals surface area contributed by atoms with Crippen molar-refractivity contribution in [2.24, 2.45) is 0 Å². The summed E-state index contributed by atoms with van der Waals surface area (Å²) in [6.45, 7) is 4.60. The maximum absolute atomic E-state index is 2.51. The van der Waals surface area contributed by atoms with Crippen LogP contribution in [0.4, 0.5) is 0 Å². The minimum absolute atomic E-state index is 0. The summed E-state index contributed by atoms with van der Waals surface area (Å²) in [6.07, 6.45) is 4.94. The maximum Gasteiger partial charge on any atom is -1.00 e. The molecule has 0 N–H and O–H groups in total. The van der Waals surface area contributed by atoms with Crippen LogP contribution in [0.3, 0.4) is 0 Å². The van der Waals surface area contributed by atoms with E-state index in [-0.39, 0.29) is 9.41 Å². The predicted octanol–water partition coefficient (Wildman–Crippen LogP) is 0.643. The Labute approximate surface area is 190 Å². The Morgan fingerprint density at radius 3 is 1.93 bits per heavy atom. The number of aryl methyl sites for hydroxylation is 1. The van der Waals surface area contributed by atoms with E-state index in [1.807, 2.05) is 0 Å². The number of benzene rings is 3. The fourth-order valence-corrected chi connectivity index (χ4v) is 13.7. The van der Waals surface area contributed by atoms with Crippen LogP contribution in [0, 0.1) is 6.92 Å². The Kier molecular flexibility index (Phi) is 7.37. The van der Waals surface area contributed by atoms with Gasteiger partial charge in [0.15, 0.2) is 0 Å². The Bertz CT molecular complexity index is 1120. The van der Waals surface area contributed by atoms with Crippen molar-refractivity contribution in [2.75, 3.05) is 0 Å². The molecule has 0 fully saturated rings. The van der Waals surface area contributed by atoms with E-state index in [2.05, 4.69) is 98.8 Å². The topological polar surface area (TPSA) is 0 Å². The summed E-state index contributed by atoms with van der Waals surface area (Å²) in [5, 5.41) is 3.19. The standard InChI is InChI=1S/C16H14P.C10H9.2FH.Hf/c1-12-6-2-5-9-16(12)17-15-10-13-7-3-4-8-14(13)11-15;1-8-6-9-4-2-3-5-10(9)7-8;;;/h2-11,17H,1H3;2-7H,1H3;2*1H;/q;;;;+2/p-2. The summed E-state index contributed by atoms with van der Waals surface area (Å²) < 4.78 is 1.42. The van der Waals surface area contributed by atoms with Gasteiger partial charge >= 0.3 is 182 Å². The second-order valence-corrected chi connectivity index (χ2v) is 14.4. The van der Waals surface area contributed by atoms with Gasteiger partial charge in [0.2, 0.25) is 0 Å². The van der Waals surface area contributed by atoms with E-state index in [1.165, 1.54) is 22.0 Å². The van der Waals surface area contributed by atoms with Crippen molar-refractivity contribution in [1.82, 2.24) is 0 Å². The molecule has 150 valence electrons. The quantitative estimate of drug-likeness (QED) is 0.313. The molecule has 2 aliphatic rings. The van der Waals surface area contributed by atoms with Gasteiger partial charge in [-0.3, -0.25) is 0 Å². The summed E-state index contributed by atoms with van der Waals surface area (Å²) in [5.41, 5.74) is 9.12. The van der Waals surface area contributed by atoms with E-state index in [4.69, 9.17) is 0 Å². The van der Waals surface area contributed by atoms with Gasteiger partial charge < -0.3 is 9.41 Å². The van der Waals surface area contributed by atoms with Crippen LogP contribution in [-0.2, 0) is 22.9 Å². The molecule has 3 unspecified atom stereocenters. The summed E-state index contributed by atoms with van der Waals surface area (Å²) in [5.74, 6) is 0. The smallest absolute Gasteiger partial charge is 1.00 e. The zero-order valence-corrected chi connectivity index (χ0v) is 21.6. The molecule has 0 heterocycles. The van der Waals surface area contributed by atoms with Crippen LogP contribution in [-0.4, -0.2) is 0 Å². The fraction of sp³-hybridized carbons (Fsp3) is 0.154. The molecule has 30 heavy (non-hydrogen) atoms. The predicted molar refractivity (Wildman–Crippen MR) is 119 cm³/mol. The Morgan fingerprint density at radius 1 is 0.667 bits per heavy atom. The van der Waals surface area contributed by atoms with Crippen LogP contribution < -0.4 is 14.7 Å². The molecule has 2 aliphatic carbocycles. The molecule has 0 amide bonds. The van der Waals surface area contributed by atoms with Gasteiger partial charge in [0.1, 0.15) is 0 Å². The fourth-order valence-electron chi connectivity index (χ4n) is 4.35. The first-order valence-electron chi connectivity index (χ1n) is 9.87. The average molecular weight is 583 g/mol. The van der Waals surface area contributed by atoms with E-state index >= 15 is 0 Å². The molecule has 0 nitrogen and oxygen atoms in total.